The minimum Gasteiger partial charge on any atom is -0.433 e. The Bertz CT molecular complexity index is 806. The van der Waals surface area contributed by atoms with Gasteiger partial charge < -0.3 is 15.0 Å². The van der Waals surface area contributed by atoms with Gasteiger partial charge in [0.05, 0.1) is 12.7 Å². The lowest BCUT2D eigenvalue weighted by Crippen LogP contribution is -2.48. The summed E-state index contributed by atoms with van der Waals surface area (Å²) in [6.07, 6.45) is 1.30. The zero-order chi connectivity index (χ0) is 20.1. The molecule has 1 aliphatic rings. The highest BCUT2D eigenvalue weighted by molar-refractivity contribution is 5.93. The molecular formula is C20H24F2N4O2. The molecule has 0 radical (unpaired) electrons. The van der Waals surface area contributed by atoms with E-state index in [1.807, 2.05) is 32.0 Å². The first kappa shape index (κ1) is 20.0. The number of carbonyl (C=O) groups is 1. The first-order valence-corrected chi connectivity index (χ1v) is 9.16. The Hall–Kier alpha value is -2.74. The molecule has 0 unspecified atom stereocenters. The van der Waals surface area contributed by atoms with Crippen LogP contribution >= 0.6 is 0 Å². The predicted molar refractivity (Wildman–Crippen MR) is 104 cm³/mol. The number of aryl methyl sites for hydroxylation is 1. The maximum atomic E-state index is 12.4. The fraction of sp³-hybridized carbons (Fsp3) is 0.400. The minimum absolute atomic E-state index is 0.0335. The summed E-state index contributed by atoms with van der Waals surface area (Å²) in [6.45, 7) is 4.34. The van der Waals surface area contributed by atoms with Crippen LogP contribution < -0.4 is 15.0 Å². The van der Waals surface area contributed by atoms with Gasteiger partial charge in [0.1, 0.15) is 11.6 Å². The number of benzene rings is 1. The third kappa shape index (κ3) is 5.16. The number of nitrogens with one attached hydrogen (secondary N) is 1. The van der Waals surface area contributed by atoms with Crippen molar-refractivity contribution in [1.82, 2.24) is 9.88 Å². The first-order chi connectivity index (χ1) is 13.4. The van der Waals surface area contributed by atoms with Gasteiger partial charge in [0.25, 0.3) is 0 Å². The number of rotatable bonds is 6. The van der Waals surface area contributed by atoms with Crippen LogP contribution in [-0.2, 0) is 4.79 Å². The van der Waals surface area contributed by atoms with Crippen LogP contribution in [0.25, 0.3) is 0 Å². The molecule has 28 heavy (non-hydrogen) atoms. The monoisotopic (exact) mass is 390 g/mol. The summed E-state index contributed by atoms with van der Waals surface area (Å²) in [5, 5.41) is 2.98. The average Bonchev–Trinajstić information content (AvgIpc) is 2.66. The molecule has 0 saturated carbocycles. The average molecular weight is 390 g/mol. The molecule has 1 N–H and O–H groups in total. The fourth-order valence-corrected chi connectivity index (χ4v) is 3.15. The topological polar surface area (TPSA) is 57.7 Å². The Balaban J connectivity index is 1.48. The van der Waals surface area contributed by atoms with Crippen LogP contribution in [0.1, 0.15) is 11.1 Å². The van der Waals surface area contributed by atoms with Crippen LogP contribution in [0.4, 0.5) is 20.3 Å². The highest BCUT2D eigenvalue weighted by atomic mass is 19.3. The quantitative estimate of drug-likeness (QED) is 0.822. The molecule has 1 fully saturated rings. The maximum Gasteiger partial charge on any atom is 0.387 e. The van der Waals surface area contributed by atoms with Gasteiger partial charge in [-0.15, -0.1) is 0 Å². The normalized spacial score (nSPS) is 15.0. The van der Waals surface area contributed by atoms with Crippen molar-refractivity contribution in [2.75, 3.05) is 42.9 Å². The first-order valence-electron chi connectivity index (χ1n) is 9.16. The lowest BCUT2D eigenvalue weighted by Gasteiger charge is -2.35. The third-order valence-corrected chi connectivity index (χ3v) is 4.89. The minimum atomic E-state index is -2.86. The molecule has 1 saturated heterocycles. The van der Waals surface area contributed by atoms with E-state index in [-0.39, 0.29) is 11.7 Å². The predicted octanol–water partition coefficient (Wildman–Crippen LogP) is 3.06. The van der Waals surface area contributed by atoms with Gasteiger partial charge in [0.2, 0.25) is 5.91 Å². The zero-order valence-electron chi connectivity index (χ0n) is 16.0. The summed E-state index contributed by atoms with van der Waals surface area (Å²) in [4.78, 5) is 20.7. The molecule has 1 amide bonds. The third-order valence-electron chi connectivity index (χ3n) is 4.89. The number of halogens is 2. The van der Waals surface area contributed by atoms with Crippen LogP contribution in [-0.4, -0.2) is 55.1 Å². The molecule has 2 aromatic rings. The van der Waals surface area contributed by atoms with E-state index in [1.165, 1.54) is 12.3 Å². The molecule has 1 aromatic heterocycles. The molecule has 2 heterocycles. The number of piperazine rings is 1. The molecule has 150 valence electrons. The van der Waals surface area contributed by atoms with Crippen LogP contribution in [0.2, 0.25) is 0 Å². The van der Waals surface area contributed by atoms with Crippen molar-refractivity contribution < 1.29 is 18.3 Å². The Kier molecular flexibility index (Phi) is 6.41. The Morgan fingerprint density at radius 3 is 2.57 bits per heavy atom. The molecule has 0 atom stereocenters. The second-order valence-corrected chi connectivity index (χ2v) is 6.79. The van der Waals surface area contributed by atoms with E-state index in [9.17, 15) is 13.6 Å². The van der Waals surface area contributed by atoms with Gasteiger partial charge in [-0.25, -0.2) is 4.98 Å². The van der Waals surface area contributed by atoms with E-state index in [0.717, 1.165) is 29.9 Å². The van der Waals surface area contributed by atoms with Crippen molar-refractivity contribution in [2.45, 2.75) is 20.5 Å². The highest BCUT2D eigenvalue weighted by Gasteiger charge is 2.20. The second-order valence-electron chi connectivity index (χ2n) is 6.79. The van der Waals surface area contributed by atoms with Crippen LogP contribution in [0.3, 0.4) is 0 Å². The smallest absolute Gasteiger partial charge is 0.387 e. The van der Waals surface area contributed by atoms with Crippen molar-refractivity contribution in [3.8, 4) is 5.75 Å². The van der Waals surface area contributed by atoms with Crippen molar-refractivity contribution >= 4 is 17.4 Å². The number of hydrogen-bond donors (Lipinski definition) is 1. The Labute approximate surface area is 163 Å². The van der Waals surface area contributed by atoms with E-state index in [4.69, 9.17) is 0 Å². The molecule has 3 rings (SSSR count). The Morgan fingerprint density at radius 2 is 1.93 bits per heavy atom. The number of ether oxygens (including phenoxy) is 1. The summed E-state index contributed by atoms with van der Waals surface area (Å²) in [5.74, 6) is 0.718. The summed E-state index contributed by atoms with van der Waals surface area (Å²) in [6, 6.07) is 9.01. The lowest BCUT2D eigenvalue weighted by atomic mass is 10.1. The van der Waals surface area contributed by atoms with Gasteiger partial charge in [-0.05, 0) is 43.2 Å². The number of pyridine rings is 1. The van der Waals surface area contributed by atoms with Crippen molar-refractivity contribution in [2.24, 2.45) is 0 Å². The number of aromatic nitrogens is 1. The fourth-order valence-electron chi connectivity index (χ4n) is 3.15. The van der Waals surface area contributed by atoms with E-state index in [2.05, 4.69) is 24.8 Å². The van der Waals surface area contributed by atoms with Gasteiger partial charge >= 0.3 is 6.61 Å². The van der Waals surface area contributed by atoms with E-state index in [1.54, 1.807) is 6.07 Å². The van der Waals surface area contributed by atoms with Crippen LogP contribution in [0.15, 0.2) is 36.5 Å². The molecular weight excluding hydrogens is 366 g/mol. The standard InChI is InChI=1S/C20H24F2N4O2/c1-14-4-3-5-17(15(14)2)24-19(27)13-25-8-10-26(11-9-25)18-7-6-16(12-23-18)28-20(21)22/h3-7,12,20H,8-11,13H2,1-2H3,(H,24,27). The Morgan fingerprint density at radius 1 is 1.18 bits per heavy atom. The van der Waals surface area contributed by atoms with Gasteiger partial charge in [0.15, 0.2) is 0 Å². The molecule has 6 nitrogen and oxygen atoms in total. The highest BCUT2D eigenvalue weighted by Crippen LogP contribution is 2.20. The number of hydrogen-bond acceptors (Lipinski definition) is 5. The van der Waals surface area contributed by atoms with Gasteiger partial charge in [-0.3, -0.25) is 9.69 Å². The van der Waals surface area contributed by atoms with Crippen LogP contribution in [0.5, 0.6) is 5.75 Å². The molecule has 8 heteroatoms. The molecule has 0 bridgehead atoms. The molecule has 0 aliphatic carbocycles. The van der Waals surface area contributed by atoms with Gasteiger partial charge in [0, 0.05) is 31.9 Å². The van der Waals surface area contributed by atoms with E-state index in [0.29, 0.717) is 25.5 Å². The van der Waals surface area contributed by atoms with Gasteiger partial charge in [-0.2, -0.15) is 8.78 Å². The lowest BCUT2D eigenvalue weighted by molar-refractivity contribution is -0.117. The molecule has 0 spiro atoms. The van der Waals surface area contributed by atoms with Gasteiger partial charge in [-0.1, -0.05) is 12.1 Å². The largest absolute Gasteiger partial charge is 0.433 e. The van der Waals surface area contributed by atoms with E-state index >= 15 is 0 Å². The summed E-state index contributed by atoms with van der Waals surface area (Å²) in [5.41, 5.74) is 3.06. The zero-order valence-corrected chi connectivity index (χ0v) is 16.0. The number of amides is 1. The number of anilines is 2. The summed E-state index contributed by atoms with van der Waals surface area (Å²) in [7, 11) is 0. The SMILES string of the molecule is Cc1cccc(NC(=O)CN2CCN(c3ccc(OC(F)F)cn3)CC2)c1C. The summed E-state index contributed by atoms with van der Waals surface area (Å²) >= 11 is 0. The number of carbonyl (C=O) groups excluding carboxylic acids is 1. The second kappa shape index (κ2) is 8.97. The van der Waals surface area contributed by atoms with Crippen LogP contribution in [0, 0.1) is 13.8 Å². The van der Waals surface area contributed by atoms with E-state index < -0.39 is 6.61 Å². The van der Waals surface area contributed by atoms with Crippen molar-refractivity contribution in [3.63, 3.8) is 0 Å². The molecule has 1 aromatic carbocycles. The van der Waals surface area contributed by atoms with Crippen molar-refractivity contribution in [1.29, 1.82) is 0 Å². The number of alkyl halides is 2. The summed E-state index contributed by atoms with van der Waals surface area (Å²) < 4.78 is 28.7. The molecule has 1 aliphatic heterocycles. The maximum absolute atomic E-state index is 12.4. The number of nitrogens with zero attached hydrogens (tertiary/aromatic N) is 3. The van der Waals surface area contributed by atoms with Crippen molar-refractivity contribution in [3.05, 3.63) is 47.7 Å².